The molecule has 1 heteroatoms. The van der Waals surface area contributed by atoms with Crippen molar-refractivity contribution in [2.24, 2.45) is 5.92 Å². The minimum absolute atomic E-state index is 0.392. The lowest BCUT2D eigenvalue weighted by atomic mass is 9.87. The zero-order valence-electron chi connectivity index (χ0n) is 7.84. The number of hydrogen-bond acceptors (Lipinski definition) is 1. The van der Waals surface area contributed by atoms with E-state index >= 15 is 0 Å². The van der Waals surface area contributed by atoms with E-state index in [1.165, 1.54) is 12.8 Å². The fraction of sp³-hybridized carbons (Fsp3) is 0.818. The molecule has 68 valence electrons. The van der Waals surface area contributed by atoms with E-state index in [1.807, 2.05) is 0 Å². The summed E-state index contributed by atoms with van der Waals surface area (Å²) in [6.45, 7) is 2.14. The van der Waals surface area contributed by atoms with Gasteiger partial charge in [0.05, 0.1) is 5.60 Å². The first-order valence-corrected chi connectivity index (χ1v) is 4.85. The standard InChI is InChI=1S/C11H18O/c1-3-4-5-8-11(12)9-6-7-10(11)2/h1,10,12H,4-9H2,2H3. The Hall–Kier alpha value is -0.480. The monoisotopic (exact) mass is 166 g/mol. The summed E-state index contributed by atoms with van der Waals surface area (Å²) in [5.74, 6) is 3.08. The highest BCUT2D eigenvalue weighted by atomic mass is 16.3. The molecule has 1 nitrogen and oxygen atoms in total. The van der Waals surface area contributed by atoms with Crippen LogP contribution in [0.5, 0.6) is 0 Å². The van der Waals surface area contributed by atoms with Gasteiger partial charge in [-0.15, -0.1) is 12.3 Å². The van der Waals surface area contributed by atoms with Crippen molar-refractivity contribution in [1.29, 1.82) is 0 Å². The molecule has 0 heterocycles. The minimum atomic E-state index is -0.392. The van der Waals surface area contributed by atoms with E-state index in [0.717, 1.165) is 25.7 Å². The van der Waals surface area contributed by atoms with Crippen LogP contribution in [0.25, 0.3) is 0 Å². The van der Waals surface area contributed by atoms with Crippen molar-refractivity contribution in [3.05, 3.63) is 0 Å². The molecule has 0 amide bonds. The molecule has 2 unspecified atom stereocenters. The van der Waals surface area contributed by atoms with Gasteiger partial charge >= 0.3 is 0 Å². The van der Waals surface area contributed by atoms with Gasteiger partial charge in [0, 0.05) is 6.42 Å². The molecule has 1 rings (SSSR count). The van der Waals surface area contributed by atoms with E-state index < -0.39 is 5.60 Å². The lowest BCUT2D eigenvalue weighted by Gasteiger charge is -2.27. The molecule has 0 bridgehead atoms. The quantitative estimate of drug-likeness (QED) is 0.504. The summed E-state index contributed by atoms with van der Waals surface area (Å²) >= 11 is 0. The van der Waals surface area contributed by atoms with Gasteiger partial charge in [0.2, 0.25) is 0 Å². The summed E-state index contributed by atoms with van der Waals surface area (Å²) in [5.41, 5.74) is -0.392. The molecule has 12 heavy (non-hydrogen) atoms. The van der Waals surface area contributed by atoms with Crippen molar-refractivity contribution in [2.45, 2.75) is 51.0 Å². The second kappa shape index (κ2) is 3.96. The molecule has 1 aliphatic carbocycles. The third kappa shape index (κ3) is 2.01. The van der Waals surface area contributed by atoms with E-state index in [4.69, 9.17) is 6.42 Å². The van der Waals surface area contributed by atoms with Crippen LogP contribution in [0.4, 0.5) is 0 Å². The fourth-order valence-corrected chi connectivity index (χ4v) is 2.10. The zero-order chi connectivity index (χ0) is 9.03. The van der Waals surface area contributed by atoms with Crippen molar-refractivity contribution in [3.63, 3.8) is 0 Å². The smallest absolute Gasteiger partial charge is 0.0673 e. The highest BCUT2D eigenvalue weighted by molar-refractivity contribution is 4.91. The normalized spacial score (nSPS) is 34.9. The predicted octanol–water partition coefficient (Wildman–Crippen LogP) is 2.34. The van der Waals surface area contributed by atoms with Crippen LogP contribution in [0, 0.1) is 18.3 Å². The molecule has 1 fully saturated rings. The maximum absolute atomic E-state index is 10.1. The SMILES string of the molecule is C#CCCCC1(O)CCCC1C. The molecule has 1 N–H and O–H groups in total. The maximum atomic E-state index is 10.1. The summed E-state index contributed by atoms with van der Waals surface area (Å²) in [6.07, 6.45) is 11.1. The second-order valence-corrected chi connectivity index (χ2v) is 3.95. The third-order valence-corrected chi connectivity index (χ3v) is 3.09. The Morgan fingerprint density at radius 1 is 1.67 bits per heavy atom. The van der Waals surface area contributed by atoms with E-state index in [0.29, 0.717) is 5.92 Å². The summed E-state index contributed by atoms with van der Waals surface area (Å²) in [5, 5.41) is 10.1. The van der Waals surface area contributed by atoms with Gasteiger partial charge in [-0.25, -0.2) is 0 Å². The van der Waals surface area contributed by atoms with Crippen LogP contribution in [0.15, 0.2) is 0 Å². The Morgan fingerprint density at radius 2 is 2.42 bits per heavy atom. The van der Waals surface area contributed by atoms with Crippen LogP contribution in [0.3, 0.4) is 0 Å². The van der Waals surface area contributed by atoms with Crippen molar-refractivity contribution >= 4 is 0 Å². The van der Waals surface area contributed by atoms with Crippen molar-refractivity contribution in [3.8, 4) is 12.3 Å². The average molecular weight is 166 g/mol. The summed E-state index contributed by atoms with van der Waals surface area (Å²) in [4.78, 5) is 0. The van der Waals surface area contributed by atoms with Gasteiger partial charge in [0.1, 0.15) is 0 Å². The van der Waals surface area contributed by atoms with Crippen molar-refractivity contribution in [2.75, 3.05) is 0 Å². The van der Waals surface area contributed by atoms with Crippen LogP contribution < -0.4 is 0 Å². The van der Waals surface area contributed by atoms with E-state index in [9.17, 15) is 5.11 Å². The molecule has 2 atom stereocenters. The van der Waals surface area contributed by atoms with Crippen molar-refractivity contribution < 1.29 is 5.11 Å². The van der Waals surface area contributed by atoms with Gasteiger partial charge in [0.25, 0.3) is 0 Å². The lowest BCUT2D eigenvalue weighted by molar-refractivity contribution is -0.000360. The average Bonchev–Trinajstić information content (AvgIpc) is 2.34. The molecule has 0 saturated heterocycles. The Balaban J connectivity index is 2.33. The molecular formula is C11H18O. The first-order valence-electron chi connectivity index (χ1n) is 4.85. The van der Waals surface area contributed by atoms with Gasteiger partial charge < -0.3 is 5.11 Å². The molecule has 0 aromatic heterocycles. The van der Waals surface area contributed by atoms with Crippen LogP contribution >= 0.6 is 0 Å². The Morgan fingerprint density at radius 3 is 2.92 bits per heavy atom. The number of unbranched alkanes of at least 4 members (excludes halogenated alkanes) is 1. The van der Waals surface area contributed by atoms with Gasteiger partial charge in [-0.05, 0) is 31.6 Å². The van der Waals surface area contributed by atoms with E-state index in [2.05, 4.69) is 12.8 Å². The van der Waals surface area contributed by atoms with Crippen LogP contribution in [0.1, 0.15) is 45.4 Å². The highest BCUT2D eigenvalue weighted by Gasteiger charge is 2.37. The lowest BCUT2D eigenvalue weighted by Crippen LogP contribution is -2.31. The number of terminal acetylenes is 1. The summed E-state index contributed by atoms with van der Waals surface area (Å²) in [7, 11) is 0. The largest absolute Gasteiger partial charge is 0.390 e. The van der Waals surface area contributed by atoms with E-state index in [-0.39, 0.29) is 0 Å². The van der Waals surface area contributed by atoms with Gasteiger partial charge in [-0.3, -0.25) is 0 Å². The summed E-state index contributed by atoms with van der Waals surface area (Å²) < 4.78 is 0. The maximum Gasteiger partial charge on any atom is 0.0673 e. The summed E-state index contributed by atoms with van der Waals surface area (Å²) in [6, 6.07) is 0. The van der Waals surface area contributed by atoms with Crippen molar-refractivity contribution in [1.82, 2.24) is 0 Å². The zero-order valence-corrected chi connectivity index (χ0v) is 7.84. The molecule has 0 aromatic rings. The Kier molecular flexibility index (Phi) is 3.17. The Labute approximate surface area is 75.2 Å². The third-order valence-electron chi connectivity index (χ3n) is 3.09. The molecule has 1 aliphatic rings. The van der Waals surface area contributed by atoms with Crippen LogP contribution in [-0.2, 0) is 0 Å². The predicted molar refractivity (Wildman–Crippen MR) is 50.6 cm³/mol. The van der Waals surface area contributed by atoms with E-state index in [1.54, 1.807) is 0 Å². The number of aliphatic hydroxyl groups is 1. The molecule has 0 aromatic carbocycles. The van der Waals surface area contributed by atoms with Crippen LogP contribution in [0.2, 0.25) is 0 Å². The molecule has 0 spiro atoms. The highest BCUT2D eigenvalue weighted by Crippen LogP contribution is 2.38. The topological polar surface area (TPSA) is 20.2 Å². The first kappa shape index (κ1) is 9.61. The number of hydrogen-bond donors (Lipinski definition) is 1. The molecule has 1 saturated carbocycles. The molecule has 0 radical (unpaired) electrons. The fourth-order valence-electron chi connectivity index (χ4n) is 2.10. The van der Waals surface area contributed by atoms with Gasteiger partial charge in [-0.1, -0.05) is 13.3 Å². The first-order chi connectivity index (χ1) is 5.69. The Bertz CT molecular complexity index is 180. The molecule has 0 aliphatic heterocycles. The second-order valence-electron chi connectivity index (χ2n) is 3.95. The minimum Gasteiger partial charge on any atom is -0.390 e. The van der Waals surface area contributed by atoms with Gasteiger partial charge in [0.15, 0.2) is 0 Å². The van der Waals surface area contributed by atoms with Gasteiger partial charge in [-0.2, -0.15) is 0 Å². The number of rotatable bonds is 3. The molecular weight excluding hydrogens is 148 g/mol. The van der Waals surface area contributed by atoms with Crippen LogP contribution in [-0.4, -0.2) is 10.7 Å².